The molecule has 2 rings (SSSR count). The van der Waals surface area contributed by atoms with Crippen molar-refractivity contribution in [2.45, 2.75) is 39.2 Å². The summed E-state index contributed by atoms with van der Waals surface area (Å²) in [5.41, 5.74) is 0.624. The van der Waals surface area contributed by atoms with Gasteiger partial charge in [0.05, 0.1) is 4.92 Å². The van der Waals surface area contributed by atoms with Gasteiger partial charge in [-0.1, -0.05) is 25.4 Å². The fraction of sp³-hybridized carbons (Fsp3) is 0.571. The molecule has 0 spiro atoms. The van der Waals surface area contributed by atoms with Gasteiger partial charge in [0.25, 0.3) is 5.69 Å². The third-order valence-corrected chi connectivity index (χ3v) is 4.16. The van der Waals surface area contributed by atoms with E-state index in [1.807, 2.05) is 0 Å². The summed E-state index contributed by atoms with van der Waals surface area (Å²) < 4.78 is 0. The van der Waals surface area contributed by atoms with Crippen molar-refractivity contribution in [3.05, 3.63) is 33.3 Å². The molecular weight excluding hydrogens is 264 g/mol. The van der Waals surface area contributed by atoms with E-state index >= 15 is 0 Å². The van der Waals surface area contributed by atoms with Crippen molar-refractivity contribution in [1.82, 2.24) is 0 Å². The third-order valence-electron chi connectivity index (χ3n) is 3.93. The van der Waals surface area contributed by atoms with Crippen molar-refractivity contribution in [2.75, 3.05) is 5.32 Å². The van der Waals surface area contributed by atoms with Gasteiger partial charge in [-0.05, 0) is 43.2 Å². The van der Waals surface area contributed by atoms with Gasteiger partial charge in [0.2, 0.25) is 0 Å². The van der Waals surface area contributed by atoms with Gasteiger partial charge < -0.3 is 5.32 Å². The summed E-state index contributed by atoms with van der Waals surface area (Å²) in [7, 11) is 0. The molecular formula is C14H19ClN2O2. The highest BCUT2D eigenvalue weighted by Crippen LogP contribution is 2.34. The Morgan fingerprint density at radius 2 is 2.11 bits per heavy atom. The zero-order valence-electron chi connectivity index (χ0n) is 11.2. The summed E-state index contributed by atoms with van der Waals surface area (Å²) in [6.45, 7) is 4.46. The van der Waals surface area contributed by atoms with E-state index in [-0.39, 0.29) is 16.7 Å². The Hall–Kier alpha value is -1.29. The lowest BCUT2D eigenvalue weighted by molar-refractivity contribution is -0.384. The van der Waals surface area contributed by atoms with Gasteiger partial charge in [-0.25, -0.2) is 0 Å². The smallest absolute Gasteiger partial charge is 0.292 e. The van der Waals surface area contributed by atoms with Gasteiger partial charge in [0.15, 0.2) is 0 Å². The van der Waals surface area contributed by atoms with Crippen LogP contribution < -0.4 is 5.32 Å². The molecule has 0 saturated heterocycles. The van der Waals surface area contributed by atoms with Crippen molar-refractivity contribution in [2.24, 2.45) is 11.8 Å². The fourth-order valence-electron chi connectivity index (χ4n) is 2.86. The first-order valence-corrected chi connectivity index (χ1v) is 7.05. The molecule has 0 aromatic heterocycles. The summed E-state index contributed by atoms with van der Waals surface area (Å²) in [5.74, 6) is 1.25. The Morgan fingerprint density at radius 1 is 1.37 bits per heavy atom. The summed E-state index contributed by atoms with van der Waals surface area (Å²) in [5, 5.41) is 14.9. The van der Waals surface area contributed by atoms with E-state index in [4.69, 9.17) is 11.6 Å². The van der Waals surface area contributed by atoms with Crippen molar-refractivity contribution in [3.63, 3.8) is 0 Å². The van der Waals surface area contributed by atoms with Crippen LogP contribution >= 0.6 is 11.6 Å². The number of nitro groups is 1. The van der Waals surface area contributed by atoms with Gasteiger partial charge in [0.1, 0.15) is 5.69 Å². The Labute approximate surface area is 118 Å². The molecule has 1 aliphatic rings. The molecule has 4 nitrogen and oxygen atoms in total. The molecule has 3 atom stereocenters. The number of benzene rings is 1. The van der Waals surface area contributed by atoms with Crippen molar-refractivity contribution < 1.29 is 4.92 Å². The second kappa shape index (κ2) is 5.78. The molecule has 1 aliphatic carbocycles. The maximum Gasteiger partial charge on any atom is 0.292 e. The van der Waals surface area contributed by atoms with Gasteiger partial charge in [-0.15, -0.1) is 0 Å². The highest BCUT2D eigenvalue weighted by molar-refractivity contribution is 6.31. The van der Waals surface area contributed by atoms with Crippen LogP contribution in [0.25, 0.3) is 0 Å². The van der Waals surface area contributed by atoms with E-state index < -0.39 is 0 Å². The van der Waals surface area contributed by atoms with Crippen LogP contribution in [0, 0.1) is 22.0 Å². The van der Waals surface area contributed by atoms with Crippen molar-refractivity contribution >= 4 is 23.0 Å². The quantitative estimate of drug-likeness (QED) is 0.657. The van der Waals surface area contributed by atoms with Crippen LogP contribution in [0.3, 0.4) is 0 Å². The maximum absolute atomic E-state index is 11.0. The Balaban J connectivity index is 2.18. The Bertz CT molecular complexity index is 479. The Kier molecular flexibility index (Phi) is 4.30. The number of nitrogens with one attached hydrogen (secondary N) is 1. The van der Waals surface area contributed by atoms with Gasteiger partial charge in [-0.3, -0.25) is 10.1 Å². The minimum Gasteiger partial charge on any atom is -0.376 e. The van der Waals surface area contributed by atoms with Crippen LogP contribution in [0.2, 0.25) is 5.02 Å². The van der Waals surface area contributed by atoms with Crippen LogP contribution in [0.15, 0.2) is 18.2 Å². The molecule has 19 heavy (non-hydrogen) atoms. The molecule has 1 aromatic rings. The number of halogens is 1. The third kappa shape index (κ3) is 3.38. The first kappa shape index (κ1) is 14.1. The molecule has 0 radical (unpaired) electrons. The topological polar surface area (TPSA) is 55.2 Å². The zero-order valence-corrected chi connectivity index (χ0v) is 12.0. The highest BCUT2D eigenvalue weighted by atomic mass is 35.5. The molecule has 3 unspecified atom stereocenters. The highest BCUT2D eigenvalue weighted by Gasteiger charge is 2.27. The monoisotopic (exact) mass is 282 g/mol. The summed E-state index contributed by atoms with van der Waals surface area (Å²) in [6, 6.07) is 4.94. The number of nitro benzene ring substituents is 1. The van der Waals surface area contributed by atoms with E-state index in [1.54, 1.807) is 12.1 Å². The van der Waals surface area contributed by atoms with E-state index in [9.17, 15) is 10.1 Å². The maximum atomic E-state index is 11.0. The molecule has 1 aromatic carbocycles. The largest absolute Gasteiger partial charge is 0.376 e. The first-order valence-electron chi connectivity index (χ1n) is 6.68. The lowest BCUT2D eigenvalue weighted by Gasteiger charge is -2.33. The number of hydrogen-bond donors (Lipinski definition) is 1. The van der Waals surface area contributed by atoms with Crippen LogP contribution in [0.4, 0.5) is 11.4 Å². The average Bonchev–Trinajstić information content (AvgIpc) is 2.32. The van der Waals surface area contributed by atoms with E-state index in [2.05, 4.69) is 19.2 Å². The molecule has 104 valence electrons. The standard InChI is InChI=1S/C14H19ClN2O2/c1-9-3-5-12(10(2)7-9)16-13-8-11(15)4-6-14(13)17(18)19/h4,6,8-10,12,16H,3,5,7H2,1-2H3. The average molecular weight is 283 g/mol. The number of rotatable bonds is 3. The summed E-state index contributed by atoms with van der Waals surface area (Å²) in [6.07, 6.45) is 3.37. The fourth-order valence-corrected chi connectivity index (χ4v) is 3.03. The number of anilines is 1. The number of nitrogens with zero attached hydrogens (tertiary/aromatic N) is 1. The van der Waals surface area contributed by atoms with Crippen LogP contribution in [-0.2, 0) is 0 Å². The first-order chi connectivity index (χ1) is 8.97. The van der Waals surface area contributed by atoms with Gasteiger partial charge >= 0.3 is 0 Å². The predicted molar refractivity (Wildman–Crippen MR) is 77.7 cm³/mol. The van der Waals surface area contributed by atoms with Crippen LogP contribution in [0.5, 0.6) is 0 Å². The SMILES string of the molecule is CC1CCC(Nc2cc(Cl)ccc2[N+](=O)[O-])C(C)C1. The second-order valence-electron chi connectivity index (χ2n) is 5.56. The van der Waals surface area contributed by atoms with E-state index in [1.165, 1.54) is 6.07 Å². The molecule has 5 heteroatoms. The normalized spacial score (nSPS) is 27.0. The second-order valence-corrected chi connectivity index (χ2v) is 6.00. The van der Waals surface area contributed by atoms with E-state index in [0.29, 0.717) is 16.6 Å². The molecule has 1 saturated carbocycles. The van der Waals surface area contributed by atoms with Gasteiger partial charge in [-0.2, -0.15) is 0 Å². The van der Waals surface area contributed by atoms with Crippen LogP contribution in [-0.4, -0.2) is 11.0 Å². The molecule has 1 fully saturated rings. The Morgan fingerprint density at radius 3 is 2.74 bits per heavy atom. The lowest BCUT2D eigenvalue weighted by atomic mass is 9.80. The van der Waals surface area contributed by atoms with Crippen molar-refractivity contribution in [3.8, 4) is 0 Å². The van der Waals surface area contributed by atoms with Crippen molar-refractivity contribution in [1.29, 1.82) is 0 Å². The predicted octanol–water partition coefficient (Wildman–Crippen LogP) is 4.48. The zero-order chi connectivity index (χ0) is 14.0. The molecule has 0 amide bonds. The molecule has 1 N–H and O–H groups in total. The molecule has 0 aliphatic heterocycles. The van der Waals surface area contributed by atoms with Gasteiger partial charge in [0, 0.05) is 17.1 Å². The molecule has 0 heterocycles. The lowest BCUT2D eigenvalue weighted by Crippen LogP contribution is -2.33. The van der Waals surface area contributed by atoms with E-state index in [0.717, 1.165) is 25.2 Å². The van der Waals surface area contributed by atoms with Crippen LogP contribution in [0.1, 0.15) is 33.1 Å². The summed E-state index contributed by atoms with van der Waals surface area (Å²) >= 11 is 5.94. The summed E-state index contributed by atoms with van der Waals surface area (Å²) in [4.78, 5) is 10.7. The number of hydrogen-bond acceptors (Lipinski definition) is 3. The molecule has 0 bridgehead atoms. The minimum atomic E-state index is -0.366. The minimum absolute atomic E-state index is 0.0928.